The fourth-order valence-electron chi connectivity index (χ4n) is 3.43. The van der Waals surface area contributed by atoms with Crippen molar-refractivity contribution in [3.05, 3.63) is 35.4 Å². The number of hydrogen-bond donors (Lipinski definition) is 1. The van der Waals surface area contributed by atoms with Gasteiger partial charge in [-0.3, -0.25) is 0 Å². The van der Waals surface area contributed by atoms with Gasteiger partial charge in [-0.1, -0.05) is 25.0 Å². The van der Waals surface area contributed by atoms with E-state index in [1.165, 1.54) is 12.1 Å². The Balaban J connectivity index is 0.00000161. The highest BCUT2D eigenvalue weighted by atomic mass is 35.5. The van der Waals surface area contributed by atoms with Crippen LogP contribution in [0.15, 0.2) is 24.3 Å². The molecule has 1 aromatic rings. The third-order valence-corrected chi connectivity index (χ3v) is 4.43. The van der Waals surface area contributed by atoms with E-state index in [1.54, 1.807) is 12.1 Å². The van der Waals surface area contributed by atoms with Crippen LogP contribution >= 0.6 is 12.4 Å². The van der Waals surface area contributed by atoms with Crippen molar-refractivity contribution in [1.82, 2.24) is 5.32 Å². The van der Waals surface area contributed by atoms with Gasteiger partial charge in [0.2, 0.25) is 0 Å². The van der Waals surface area contributed by atoms with E-state index in [-0.39, 0.29) is 24.0 Å². The molecule has 1 heterocycles. The number of morpholine rings is 1. The third-order valence-electron chi connectivity index (χ3n) is 4.43. The van der Waals surface area contributed by atoms with Crippen LogP contribution < -0.4 is 5.32 Å². The predicted molar refractivity (Wildman–Crippen MR) is 76.6 cm³/mol. The van der Waals surface area contributed by atoms with Crippen molar-refractivity contribution in [2.75, 3.05) is 13.2 Å². The van der Waals surface area contributed by atoms with E-state index in [0.717, 1.165) is 37.8 Å². The quantitative estimate of drug-likeness (QED) is 0.847. The molecule has 1 aliphatic heterocycles. The lowest BCUT2D eigenvalue weighted by atomic mass is 9.73. The van der Waals surface area contributed by atoms with Crippen LogP contribution in [0.25, 0.3) is 0 Å². The molecule has 1 aliphatic carbocycles. The molecule has 0 radical (unpaired) electrons. The molecule has 6 heteroatoms. The van der Waals surface area contributed by atoms with Crippen molar-refractivity contribution in [2.24, 2.45) is 0 Å². The predicted octanol–water partition coefficient (Wildman–Crippen LogP) is 3.88. The van der Waals surface area contributed by atoms with Crippen molar-refractivity contribution >= 4 is 12.4 Å². The number of ether oxygens (including phenoxy) is 1. The van der Waals surface area contributed by atoms with E-state index >= 15 is 0 Å². The van der Waals surface area contributed by atoms with Crippen LogP contribution in [0.3, 0.4) is 0 Å². The van der Waals surface area contributed by atoms with Gasteiger partial charge in [0.15, 0.2) is 0 Å². The molecule has 0 spiro atoms. The van der Waals surface area contributed by atoms with Gasteiger partial charge in [0, 0.05) is 6.54 Å². The average molecular weight is 322 g/mol. The molecular formula is C15H19ClF3NO. The summed E-state index contributed by atoms with van der Waals surface area (Å²) in [6.45, 7) is 1.42. The fourth-order valence-corrected chi connectivity index (χ4v) is 3.43. The fraction of sp³-hybridized carbons (Fsp3) is 0.600. The molecule has 2 nitrogen and oxygen atoms in total. The van der Waals surface area contributed by atoms with Gasteiger partial charge in [0.25, 0.3) is 0 Å². The van der Waals surface area contributed by atoms with Crippen molar-refractivity contribution < 1.29 is 17.9 Å². The summed E-state index contributed by atoms with van der Waals surface area (Å²) in [5.74, 6) is 0. The van der Waals surface area contributed by atoms with Crippen LogP contribution in [0.1, 0.15) is 36.8 Å². The van der Waals surface area contributed by atoms with Gasteiger partial charge in [0.1, 0.15) is 0 Å². The van der Waals surface area contributed by atoms with Crippen molar-refractivity contribution in [2.45, 2.75) is 43.5 Å². The van der Waals surface area contributed by atoms with E-state index in [4.69, 9.17) is 4.74 Å². The Morgan fingerprint density at radius 1 is 1.14 bits per heavy atom. The van der Waals surface area contributed by atoms with Gasteiger partial charge >= 0.3 is 6.18 Å². The molecule has 2 unspecified atom stereocenters. The number of hydrogen-bond acceptors (Lipinski definition) is 2. The van der Waals surface area contributed by atoms with Crippen molar-refractivity contribution in [3.63, 3.8) is 0 Å². The topological polar surface area (TPSA) is 21.3 Å². The molecule has 3 rings (SSSR count). The monoisotopic (exact) mass is 321 g/mol. The minimum atomic E-state index is -4.28. The molecule has 0 amide bonds. The molecule has 2 atom stereocenters. The summed E-state index contributed by atoms with van der Waals surface area (Å²) in [4.78, 5) is 0. The smallest absolute Gasteiger partial charge is 0.375 e. The molecular weight excluding hydrogens is 303 g/mol. The highest BCUT2D eigenvalue weighted by Crippen LogP contribution is 2.41. The first-order valence-electron chi connectivity index (χ1n) is 7.07. The second-order valence-corrected chi connectivity index (χ2v) is 5.58. The summed E-state index contributed by atoms with van der Waals surface area (Å²) >= 11 is 0. The number of nitrogens with one attached hydrogen (secondary N) is 1. The summed E-state index contributed by atoms with van der Waals surface area (Å²) in [5.41, 5.74) is 0.0114. The van der Waals surface area contributed by atoms with E-state index in [2.05, 4.69) is 5.32 Å². The van der Waals surface area contributed by atoms with Gasteiger partial charge in [0.05, 0.1) is 23.8 Å². The number of fused-ring (bicyclic) bond motifs is 1. The minimum absolute atomic E-state index is 0. The van der Waals surface area contributed by atoms with Crippen LogP contribution in [0.4, 0.5) is 13.2 Å². The number of rotatable bonds is 1. The van der Waals surface area contributed by atoms with Gasteiger partial charge in [-0.05, 0) is 30.5 Å². The molecule has 1 N–H and O–H groups in total. The molecule has 1 aromatic carbocycles. The summed E-state index contributed by atoms with van der Waals surface area (Å²) in [6, 6.07) is 5.55. The largest absolute Gasteiger partial charge is 0.416 e. The zero-order chi connectivity index (χ0) is 14.2. The Labute approximate surface area is 128 Å². The first-order chi connectivity index (χ1) is 9.52. The standard InChI is InChI=1S/C15H18F3NO.ClH/c16-15(17,18)12-6-4-11(5-7-12)14-8-2-1-3-13(14)20-10-9-19-14;/h4-7,13,19H,1-3,8-10H2;1H. The molecule has 0 bridgehead atoms. The highest BCUT2D eigenvalue weighted by Gasteiger charge is 2.44. The molecule has 1 saturated heterocycles. The van der Waals surface area contributed by atoms with Crippen LogP contribution in [-0.2, 0) is 16.5 Å². The first-order valence-corrected chi connectivity index (χ1v) is 7.07. The van der Waals surface area contributed by atoms with Crippen LogP contribution in [0, 0.1) is 0 Å². The molecule has 0 aromatic heterocycles. The van der Waals surface area contributed by atoms with Crippen LogP contribution in [0.2, 0.25) is 0 Å². The summed E-state index contributed by atoms with van der Waals surface area (Å²) in [7, 11) is 0. The van der Waals surface area contributed by atoms with Gasteiger partial charge in [-0.15, -0.1) is 12.4 Å². The maximum absolute atomic E-state index is 12.7. The number of benzene rings is 1. The summed E-state index contributed by atoms with van der Waals surface area (Å²) in [5, 5.41) is 3.50. The van der Waals surface area contributed by atoms with E-state index in [9.17, 15) is 13.2 Å². The number of alkyl halides is 3. The average Bonchev–Trinajstić information content (AvgIpc) is 2.46. The first kappa shape index (κ1) is 16.6. The number of halogens is 4. The maximum atomic E-state index is 12.7. The molecule has 2 fully saturated rings. The van der Waals surface area contributed by atoms with Crippen molar-refractivity contribution in [1.29, 1.82) is 0 Å². The Hall–Kier alpha value is -0.780. The summed E-state index contributed by atoms with van der Waals surface area (Å²) < 4.78 is 43.8. The molecule has 2 aliphatic rings. The Morgan fingerprint density at radius 2 is 1.86 bits per heavy atom. The van der Waals surface area contributed by atoms with Gasteiger partial charge in [-0.2, -0.15) is 13.2 Å². The van der Waals surface area contributed by atoms with E-state index in [0.29, 0.717) is 6.61 Å². The lowest BCUT2D eigenvalue weighted by Crippen LogP contribution is -2.59. The van der Waals surface area contributed by atoms with Crippen LogP contribution in [-0.4, -0.2) is 19.3 Å². The second-order valence-electron chi connectivity index (χ2n) is 5.58. The minimum Gasteiger partial charge on any atom is -0.375 e. The van der Waals surface area contributed by atoms with E-state index in [1.807, 2.05) is 0 Å². The molecule has 21 heavy (non-hydrogen) atoms. The lowest BCUT2D eigenvalue weighted by Gasteiger charge is -2.48. The third kappa shape index (κ3) is 3.05. The Kier molecular flexibility index (Phi) is 4.85. The van der Waals surface area contributed by atoms with Crippen LogP contribution in [0.5, 0.6) is 0 Å². The van der Waals surface area contributed by atoms with Gasteiger partial charge in [-0.25, -0.2) is 0 Å². The highest BCUT2D eigenvalue weighted by molar-refractivity contribution is 5.85. The van der Waals surface area contributed by atoms with Crippen molar-refractivity contribution in [3.8, 4) is 0 Å². The second kappa shape index (κ2) is 6.15. The lowest BCUT2D eigenvalue weighted by molar-refractivity contribution is -0.137. The Bertz CT molecular complexity index is 463. The summed E-state index contributed by atoms with van der Waals surface area (Å²) in [6.07, 6.45) is -0.125. The zero-order valence-corrected chi connectivity index (χ0v) is 12.4. The zero-order valence-electron chi connectivity index (χ0n) is 11.6. The van der Waals surface area contributed by atoms with Gasteiger partial charge < -0.3 is 10.1 Å². The normalized spacial score (nSPS) is 29.4. The molecule has 118 valence electrons. The Morgan fingerprint density at radius 3 is 2.52 bits per heavy atom. The maximum Gasteiger partial charge on any atom is 0.416 e. The molecule has 1 saturated carbocycles. The van der Waals surface area contributed by atoms with E-state index < -0.39 is 11.7 Å². The SMILES string of the molecule is Cl.FC(F)(F)c1ccc(C23CCCCC2OCCN3)cc1.